The summed E-state index contributed by atoms with van der Waals surface area (Å²) < 4.78 is 0. The number of hydrogen-bond acceptors (Lipinski definition) is 1. The van der Waals surface area contributed by atoms with Gasteiger partial charge in [-0.25, -0.2) is 5.01 Å². The molecule has 0 bridgehead atoms. The first-order valence-corrected chi connectivity index (χ1v) is 6.64. The fourth-order valence-corrected chi connectivity index (χ4v) is 2.55. The van der Waals surface area contributed by atoms with Crippen LogP contribution in [-0.2, 0) is 4.79 Å². The largest absolute Gasteiger partial charge is 1.00 e. The summed E-state index contributed by atoms with van der Waals surface area (Å²) in [7, 11) is 0. The normalized spacial score (nSPS) is 14.9. The third kappa shape index (κ3) is 4.35. The van der Waals surface area contributed by atoms with Crippen molar-refractivity contribution in [2.45, 2.75) is 20.8 Å². The van der Waals surface area contributed by atoms with Crippen LogP contribution in [0.1, 0.15) is 18.1 Å². The standard InChI is InChI=1S/C14H21N3O.2ClH/c1-11-4-5-12(2)14(10-11)17(13(3)18)16-8-6-15-7-9-16;;/h4-5,10,15H,6-9H2,1-3H3;2*1H. The molecule has 0 spiro atoms. The van der Waals surface area contributed by atoms with Gasteiger partial charge in [0, 0.05) is 6.92 Å². The van der Waals surface area contributed by atoms with Crippen LogP contribution in [0.5, 0.6) is 0 Å². The Labute approximate surface area is 133 Å². The van der Waals surface area contributed by atoms with Crippen molar-refractivity contribution in [3.63, 3.8) is 0 Å². The maximum Gasteiger partial charge on any atom is 0.269 e. The molecule has 1 aliphatic rings. The van der Waals surface area contributed by atoms with Crippen LogP contribution in [0.25, 0.3) is 0 Å². The van der Waals surface area contributed by atoms with Crippen molar-refractivity contribution in [3.05, 3.63) is 29.3 Å². The first-order chi connectivity index (χ1) is 8.59. The Hall–Kier alpha value is -0.810. The minimum atomic E-state index is 0. The monoisotopic (exact) mass is 319 g/mol. The highest BCUT2D eigenvalue weighted by Crippen LogP contribution is 2.19. The molecule has 0 unspecified atom stereocenters. The van der Waals surface area contributed by atoms with Crippen molar-refractivity contribution in [1.82, 2.24) is 0 Å². The summed E-state index contributed by atoms with van der Waals surface area (Å²) in [5.41, 5.74) is 3.42. The van der Waals surface area contributed by atoms with Gasteiger partial charge in [0.05, 0.1) is 0 Å². The topological polar surface area (TPSA) is 41.4 Å². The fraction of sp³-hybridized carbons (Fsp3) is 0.500. The fourth-order valence-electron chi connectivity index (χ4n) is 2.55. The van der Waals surface area contributed by atoms with Crippen LogP contribution >= 0.6 is 0 Å². The summed E-state index contributed by atoms with van der Waals surface area (Å²) in [6.07, 6.45) is 0. The zero-order valence-corrected chi connectivity index (χ0v) is 13.8. The summed E-state index contributed by atoms with van der Waals surface area (Å²) in [6.45, 7) is 9.99. The van der Waals surface area contributed by atoms with E-state index in [0.29, 0.717) is 0 Å². The molecule has 0 radical (unpaired) electrons. The van der Waals surface area contributed by atoms with E-state index in [1.807, 2.05) is 5.01 Å². The van der Waals surface area contributed by atoms with E-state index in [1.54, 1.807) is 6.92 Å². The van der Waals surface area contributed by atoms with Gasteiger partial charge in [-0.3, -0.25) is 4.79 Å². The Morgan fingerprint density at radius 2 is 1.80 bits per heavy atom. The third-order valence-corrected chi connectivity index (χ3v) is 3.51. The Morgan fingerprint density at radius 1 is 1.20 bits per heavy atom. The van der Waals surface area contributed by atoms with E-state index in [0.717, 1.165) is 37.4 Å². The second-order valence-electron chi connectivity index (χ2n) is 5.08. The highest BCUT2D eigenvalue weighted by atomic mass is 35.5. The average molecular weight is 320 g/mol. The molecule has 1 fully saturated rings. The smallest absolute Gasteiger partial charge is 0.269 e. The summed E-state index contributed by atoms with van der Waals surface area (Å²) >= 11 is 0. The molecule has 1 saturated heterocycles. The molecular weight excluding hydrogens is 297 g/mol. The molecule has 1 heterocycles. The Bertz CT molecular complexity index is 448. The first-order valence-electron chi connectivity index (χ1n) is 6.64. The number of carbonyl (C=O) groups is 1. The number of nitrogens with zero attached hydrogens (tertiary/aromatic N) is 1. The molecule has 1 amide bonds. The number of quaternary nitrogens is 2. The van der Waals surface area contributed by atoms with Gasteiger partial charge in [0.1, 0.15) is 31.9 Å². The van der Waals surface area contributed by atoms with Crippen molar-refractivity contribution >= 4 is 11.6 Å². The van der Waals surface area contributed by atoms with E-state index in [4.69, 9.17) is 0 Å². The lowest BCUT2D eigenvalue weighted by Gasteiger charge is -2.32. The molecule has 0 saturated carbocycles. The van der Waals surface area contributed by atoms with Gasteiger partial charge in [-0.2, -0.15) is 5.01 Å². The van der Waals surface area contributed by atoms with Crippen molar-refractivity contribution in [1.29, 1.82) is 0 Å². The van der Waals surface area contributed by atoms with Gasteiger partial charge < -0.3 is 30.1 Å². The maximum atomic E-state index is 12.0. The lowest BCUT2D eigenvalue weighted by Crippen LogP contribution is -3.26. The molecular formula is C14H23Cl2N3O. The summed E-state index contributed by atoms with van der Waals surface area (Å²) in [4.78, 5) is 12.0. The van der Waals surface area contributed by atoms with Crippen LogP contribution in [-0.4, -0.2) is 32.1 Å². The van der Waals surface area contributed by atoms with Crippen molar-refractivity contribution in [3.8, 4) is 0 Å². The van der Waals surface area contributed by atoms with Gasteiger partial charge >= 0.3 is 0 Å². The summed E-state index contributed by atoms with van der Waals surface area (Å²) in [5, 5.41) is 5.50. The summed E-state index contributed by atoms with van der Waals surface area (Å²) in [6, 6.07) is 6.30. The van der Waals surface area contributed by atoms with E-state index in [9.17, 15) is 4.79 Å². The van der Waals surface area contributed by atoms with E-state index in [-0.39, 0.29) is 30.7 Å². The molecule has 2 rings (SSSR count). The number of benzene rings is 1. The van der Waals surface area contributed by atoms with Crippen LogP contribution in [0.2, 0.25) is 0 Å². The minimum Gasteiger partial charge on any atom is -1.00 e. The molecule has 3 N–H and O–H groups in total. The number of piperazine rings is 1. The molecule has 1 aliphatic heterocycles. The molecule has 1 aromatic rings. The van der Waals surface area contributed by atoms with Gasteiger partial charge in [-0.15, -0.1) is 0 Å². The Morgan fingerprint density at radius 3 is 2.35 bits per heavy atom. The molecule has 114 valence electrons. The molecule has 1 aromatic carbocycles. The number of nitrogens with one attached hydrogen (secondary N) is 1. The Balaban J connectivity index is 0.00000180. The van der Waals surface area contributed by atoms with E-state index in [1.165, 1.54) is 10.6 Å². The van der Waals surface area contributed by atoms with Gasteiger partial charge in [-0.05, 0) is 31.0 Å². The van der Waals surface area contributed by atoms with Gasteiger partial charge in [0.15, 0.2) is 0 Å². The number of aryl methyl sites for hydroxylation is 2. The predicted octanol–water partition coefficient (Wildman–Crippen LogP) is -6.96. The number of rotatable bonds is 2. The van der Waals surface area contributed by atoms with Crippen molar-refractivity contribution < 1.29 is 39.9 Å². The zero-order chi connectivity index (χ0) is 13.1. The molecule has 4 nitrogen and oxygen atoms in total. The van der Waals surface area contributed by atoms with Crippen LogP contribution < -0.4 is 40.1 Å². The SMILES string of the molecule is CC(=O)N(c1cc(C)ccc1C)[NH+]1CC[NH2+]CC1.[Cl-].[Cl-]. The number of carbonyl (C=O) groups excluding carboxylic acids is 1. The highest BCUT2D eigenvalue weighted by Gasteiger charge is 2.28. The second-order valence-corrected chi connectivity index (χ2v) is 5.08. The van der Waals surface area contributed by atoms with E-state index < -0.39 is 0 Å². The number of amides is 1. The average Bonchev–Trinajstić information content (AvgIpc) is 2.35. The second kappa shape index (κ2) is 8.47. The van der Waals surface area contributed by atoms with Gasteiger partial charge in [-0.1, -0.05) is 12.1 Å². The lowest BCUT2D eigenvalue weighted by molar-refractivity contribution is -0.948. The number of anilines is 1. The predicted molar refractivity (Wildman–Crippen MR) is 71.4 cm³/mol. The third-order valence-electron chi connectivity index (χ3n) is 3.51. The summed E-state index contributed by atoms with van der Waals surface area (Å²) in [5.74, 6) is 0.126. The molecule has 20 heavy (non-hydrogen) atoms. The first kappa shape index (κ1) is 19.2. The highest BCUT2D eigenvalue weighted by molar-refractivity contribution is 5.89. The van der Waals surface area contributed by atoms with E-state index in [2.05, 4.69) is 37.4 Å². The van der Waals surface area contributed by atoms with Crippen molar-refractivity contribution in [2.75, 3.05) is 31.2 Å². The minimum absolute atomic E-state index is 0. The van der Waals surface area contributed by atoms with Crippen LogP contribution in [0, 0.1) is 13.8 Å². The number of halogens is 2. The van der Waals surface area contributed by atoms with E-state index >= 15 is 0 Å². The van der Waals surface area contributed by atoms with Crippen molar-refractivity contribution in [2.24, 2.45) is 0 Å². The molecule has 0 atom stereocenters. The van der Waals surface area contributed by atoms with Crippen LogP contribution in [0.3, 0.4) is 0 Å². The number of nitrogens with two attached hydrogens (primary N) is 1. The maximum absolute atomic E-state index is 12.0. The van der Waals surface area contributed by atoms with Crippen LogP contribution in [0.4, 0.5) is 5.69 Å². The number of hydrogen-bond donors (Lipinski definition) is 2. The lowest BCUT2D eigenvalue weighted by atomic mass is 10.1. The van der Waals surface area contributed by atoms with Crippen LogP contribution in [0.15, 0.2) is 18.2 Å². The quantitative estimate of drug-likeness (QED) is 0.559. The zero-order valence-electron chi connectivity index (χ0n) is 12.2. The van der Waals surface area contributed by atoms with Gasteiger partial charge in [0.2, 0.25) is 0 Å². The molecule has 0 aliphatic carbocycles. The molecule has 0 aromatic heterocycles. The van der Waals surface area contributed by atoms with Gasteiger partial charge in [0.25, 0.3) is 5.91 Å². The Kier molecular flexibility index (Phi) is 8.13. The molecule has 6 heteroatoms.